The smallest absolute Gasteiger partial charge is 0.414 e. The monoisotopic (exact) mass is 445 g/mol. The largest absolute Gasteiger partial charge is 0.489 e. The van der Waals surface area contributed by atoms with Crippen molar-refractivity contribution in [2.45, 2.75) is 13.0 Å². The van der Waals surface area contributed by atoms with E-state index in [4.69, 9.17) is 14.2 Å². The third-order valence-electron chi connectivity index (χ3n) is 5.08. The summed E-state index contributed by atoms with van der Waals surface area (Å²) in [6, 6.07) is 9.11. The van der Waals surface area contributed by atoms with Crippen LogP contribution in [-0.4, -0.2) is 64.0 Å². The highest BCUT2D eigenvalue weighted by molar-refractivity contribution is 7.13. The first kappa shape index (κ1) is 21.1. The molecule has 1 N–H and O–H groups in total. The molecular formula is C21H23N3O6S. The lowest BCUT2D eigenvalue weighted by Gasteiger charge is -2.31. The second-order valence-corrected chi connectivity index (χ2v) is 8.44. The molecule has 10 heteroatoms. The number of anilines is 2. The molecule has 1 atom stereocenters. The van der Waals surface area contributed by atoms with Crippen LogP contribution in [0.25, 0.3) is 0 Å². The summed E-state index contributed by atoms with van der Waals surface area (Å²) in [5.74, 6) is 0.524. The highest BCUT2D eigenvalue weighted by Gasteiger charge is 2.39. The van der Waals surface area contributed by atoms with Gasteiger partial charge >= 0.3 is 6.09 Å². The third-order valence-corrected chi connectivity index (χ3v) is 6.08. The van der Waals surface area contributed by atoms with Gasteiger partial charge in [0, 0.05) is 30.2 Å². The normalized spacial score (nSPS) is 19.5. The second-order valence-electron chi connectivity index (χ2n) is 7.15. The molecule has 1 aromatic heterocycles. The maximum Gasteiger partial charge on any atom is 0.414 e. The first-order valence-corrected chi connectivity index (χ1v) is 10.7. The Kier molecular flexibility index (Phi) is 6.10. The van der Waals surface area contributed by atoms with Crippen LogP contribution in [0.5, 0.6) is 5.75 Å². The van der Waals surface area contributed by atoms with Gasteiger partial charge in [-0.05, 0) is 31.2 Å². The fourth-order valence-electron chi connectivity index (χ4n) is 3.52. The summed E-state index contributed by atoms with van der Waals surface area (Å²) in [6.45, 7) is 3.87. The molecule has 0 saturated carbocycles. The van der Waals surface area contributed by atoms with E-state index < -0.39 is 0 Å². The summed E-state index contributed by atoms with van der Waals surface area (Å²) in [4.78, 5) is 39.8. The number of aryl methyl sites for hydroxylation is 1. The van der Waals surface area contributed by atoms with Crippen LogP contribution in [0.3, 0.4) is 0 Å². The SMILES string of the molecule is CNC(=O)c1ccc(C)s1.O=C1COCCN1c1ccc2c(c1)OCC1COC(=O)N21. The van der Waals surface area contributed by atoms with E-state index in [0.29, 0.717) is 37.8 Å². The van der Waals surface area contributed by atoms with Gasteiger partial charge in [0.25, 0.3) is 11.8 Å². The number of fused-ring (bicyclic) bond motifs is 3. The average Bonchev–Trinajstić information content (AvgIpc) is 3.39. The van der Waals surface area contributed by atoms with Crippen LogP contribution < -0.4 is 19.9 Å². The number of benzene rings is 1. The lowest BCUT2D eigenvalue weighted by Crippen LogP contribution is -2.43. The molecule has 0 aliphatic carbocycles. The molecule has 4 heterocycles. The van der Waals surface area contributed by atoms with Crippen LogP contribution in [0.4, 0.5) is 16.2 Å². The Balaban J connectivity index is 0.000000196. The quantitative estimate of drug-likeness (QED) is 0.761. The summed E-state index contributed by atoms with van der Waals surface area (Å²) < 4.78 is 15.9. The number of carbonyl (C=O) groups excluding carboxylic acids is 3. The van der Waals surface area contributed by atoms with Gasteiger partial charge in [0.2, 0.25) is 0 Å². The number of amides is 3. The number of nitrogens with one attached hydrogen (secondary N) is 1. The minimum atomic E-state index is -0.347. The van der Waals surface area contributed by atoms with E-state index in [1.165, 1.54) is 16.2 Å². The molecule has 0 bridgehead atoms. The highest BCUT2D eigenvalue weighted by Crippen LogP contribution is 2.39. The lowest BCUT2D eigenvalue weighted by atomic mass is 10.1. The molecule has 9 nitrogen and oxygen atoms in total. The van der Waals surface area contributed by atoms with Crippen molar-refractivity contribution < 1.29 is 28.6 Å². The Morgan fingerprint density at radius 3 is 2.68 bits per heavy atom. The van der Waals surface area contributed by atoms with Crippen molar-refractivity contribution in [3.8, 4) is 5.75 Å². The molecule has 0 spiro atoms. The number of thiophene rings is 1. The summed E-state index contributed by atoms with van der Waals surface area (Å²) in [5, 5.41) is 2.57. The van der Waals surface area contributed by atoms with E-state index in [1.807, 2.05) is 25.1 Å². The molecule has 3 aliphatic rings. The van der Waals surface area contributed by atoms with Gasteiger partial charge in [0.05, 0.1) is 17.2 Å². The van der Waals surface area contributed by atoms with Crippen molar-refractivity contribution in [2.75, 3.05) is 49.8 Å². The Morgan fingerprint density at radius 2 is 1.97 bits per heavy atom. The van der Waals surface area contributed by atoms with Gasteiger partial charge < -0.3 is 24.4 Å². The van der Waals surface area contributed by atoms with Gasteiger partial charge in [-0.2, -0.15) is 0 Å². The maximum absolute atomic E-state index is 11.9. The minimum Gasteiger partial charge on any atom is -0.489 e. The topological polar surface area (TPSA) is 97.4 Å². The zero-order valence-electron chi connectivity index (χ0n) is 17.3. The van der Waals surface area contributed by atoms with E-state index in [0.717, 1.165) is 10.6 Å². The van der Waals surface area contributed by atoms with Crippen LogP contribution >= 0.6 is 11.3 Å². The van der Waals surface area contributed by atoms with Gasteiger partial charge in [-0.15, -0.1) is 11.3 Å². The molecule has 164 valence electrons. The molecular weight excluding hydrogens is 422 g/mol. The highest BCUT2D eigenvalue weighted by atomic mass is 32.1. The summed E-state index contributed by atoms with van der Waals surface area (Å²) >= 11 is 1.51. The molecule has 3 aliphatic heterocycles. The maximum atomic E-state index is 11.9. The van der Waals surface area contributed by atoms with E-state index in [-0.39, 0.29) is 30.6 Å². The van der Waals surface area contributed by atoms with Crippen LogP contribution in [0.2, 0.25) is 0 Å². The average molecular weight is 445 g/mol. The van der Waals surface area contributed by atoms with Gasteiger partial charge in [-0.1, -0.05) is 0 Å². The summed E-state index contributed by atoms with van der Waals surface area (Å²) in [6.07, 6.45) is -0.347. The van der Waals surface area contributed by atoms with E-state index in [1.54, 1.807) is 29.0 Å². The lowest BCUT2D eigenvalue weighted by molar-refractivity contribution is -0.125. The van der Waals surface area contributed by atoms with Gasteiger partial charge in [-0.3, -0.25) is 14.5 Å². The number of hydrogen-bond donors (Lipinski definition) is 1. The molecule has 2 aromatic rings. The van der Waals surface area contributed by atoms with E-state index >= 15 is 0 Å². The number of rotatable bonds is 2. The molecule has 3 amide bonds. The minimum absolute atomic E-state index is 0.00176. The molecule has 1 aromatic carbocycles. The van der Waals surface area contributed by atoms with Crippen molar-refractivity contribution in [1.29, 1.82) is 0 Å². The van der Waals surface area contributed by atoms with Crippen molar-refractivity contribution in [1.82, 2.24) is 5.32 Å². The standard InChI is InChI=1S/C14H14N2O5.C7H9NOS/c17-13-8-19-4-3-15(13)9-1-2-11-12(5-9)20-6-10-7-21-14(18)16(10)11;1-5-3-4-6(10-5)7(9)8-2/h1-2,5,10H,3-4,6-8H2;3-4H,1-2H3,(H,8,9). The Bertz CT molecular complexity index is 1010. The number of nitrogens with zero attached hydrogens (tertiary/aromatic N) is 2. The molecule has 2 saturated heterocycles. The second kappa shape index (κ2) is 8.94. The molecule has 1 unspecified atom stereocenters. The molecule has 0 radical (unpaired) electrons. The van der Waals surface area contributed by atoms with Crippen LogP contribution in [0.1, 0.15) is 14.5 Å². The Morgan fingerprint density at radius 1 is 1.16 bits per heavy atom. The van der Waals surface area contributed by atoms with Crippen molar-refractivity contribution in [2.24, 2.45) is 0 Å². The molecule has 31 heavy (non-hydrogen) atoms. The third kappa shape index (κ3) is 4.35. The zero-order chi connectivity index (χ0) is 22.0. The first-order chi connectivity index (χ1) is 15.0. The van der Waals surface area contributed by atoms with Gasteiger partial charge in [0.1, 0.15) is 31.6 Å². The predicted molar refractivity (Wildman–Crippen MR) is 115 cm³/mol. The van der Waals surface area contributed by atoms with E-state index in [2.05, 4.69) is 5.32 Å². The van der Waals surface area contributed by atoms with Gasteiger partial charge in [-0.25, -0.2) is 4.79 Å². The van der Waals surface area contributed by atoms with Crippen molar-refractivity contribution in [3.05, 3.63) is 40.1 Å². The van der Waals surface area contributed by atoms with Crippen molar-refractivity contribution in [3.63, 3.8) is 0 Å². The zero-order valence-corrected chi connectivity index (χ0v) is 18.1. The van der Waals surface area contributed by atoms with Crippen LogP contribution in [-0.2, 0) is 14.3 Å². The first-order valence-electron chi connectivity index (χ1n) is 9.87. The number of carbonyl (C=O) groups is 3. The van der Waals surface area contributed by atoms with Crippen LogP contribution in [0.15, 0.2) is 30.3 Å². The fraction of sp³-hybridized carbons (Fsp3) is 0.381. The number of ether oxygens (including phenoxy) is 3. The Hall–Kier alpha value is -3.11. The van der Waals surface area contributed by atoms with Crippen molar-refractivity contribution >= 4 is 40.6 Å². The van der Waals surface area contributed by atoms with E-state index in [9.17, 15) is 14.4 Å². The summed E-state index contributed by atoms with van der Waals surface area (Å²) in [5.41, 5.74) is 1.45. The fourth-order valence-corrected chi connectivity index (χ4v) is 4.33. The Labute approximate surface area is 183 Å². The van der Waals surface area contributed by atoms with Gasteiger partial charge in [0.15, 0.2) is 0 Å². The van der Waals surface area contributed by atoms with Crippen LogP contribution in [0, 0.1) is 6.92 Å². The molecule has 2 fully saturated rings. The summed E-state index contributed by atoms with van der Waals surface area (Å²) in [7, 11) is 1.64. The molecule has 5 rings (SSSR count). The number of hydrogen-bond acceptors (Lipinski definition) is 7. The number of cyclic esters (lactones) is 1. The predicted octanol–water partition coefficient (Wildman–Crippen LogP) is 2.18. The number of morpholine rings is 1.